The van der Waals surface area contributed by atoms with Crippen LogP contribution in [0.3, 0.4) is 0 Å². The number of hydrogen-bond donors (Lipinski definition) is 2. The summed E-state index contributed by atoms with van der Waals surface area (Å²) in [4.78, 5) is 12.2. The lowest BCUT2D eigenvalue weighted by Crippen LogP contribution is -2.54. The number of carbonyl (C=O) groups is 1. The van der Waals surface area contributed by atoms with Gasteiger partial charge >= 0.3 is 6.09 Å². The number of ether oxygens (including phenoxy) is 1. The Balaban J connectivity index is 2.82. The van der Waals surface area contributed by atoms with E-state index in [1.807, 2.05) is 20.8 Å². The molecule has 0 heterocycles. The molecule has 3 atom stereocenters. The molecule has 0 aliphatic heterocycles. The fraction of sp³-hybridized carbons (Fsp3) is 0.944. The Kier molecular flexibility index (Phi) is 6.92. The van der Waals surface area contributed by atoms with Gasteiger partial charge in [-0.1, -0.05) is 20.8 Å². The van der Waals surface area contributed by atoms with Crippen molar-refractivity contribution in [1.29, 1.82) is 0 Å². The maximum atomic E-state index is 12.2. The normalized spacial score (nSPS) is 26.1. The van der Waals surface area contributed by atoms with Gasteiger partial charge in [0.15, 0.2) is 8.32 Å². The smallest absolute Gasteiger partial charge is 0.407 e. The van der Waals surface area contributed by atoms with Crippen LogP contribution >= 0.6 is 0 Å². The Bertz CT molecular complexity index is 426. The summed E-state index contributed by atoms with van der Waals surface area (Å²) in [5.74, 6) is 0.247. The molecule has 1 aliphatic rings. The quantitative estimate of drug-likeness (QED) is 0.743. The van der Waals surface area contributed by atoms with Crippen LogP contribution in [-0.4, -0.2) is 43.9 Å². The van der Waals surface area contributed by atoms with Crippen molar-refractivity contribution in [2.75, 3.05) is 6.61 Å². The van der Waals surface area contributed by atoms with Crippen LogP contribution in [0.4, 0.5) is 4.79 Å². The average Bonchev–Trinajstić information content (AvgIpc) is 2.36. The molecule has 0 radical (unpaired) electrons. The number of amides is 1. The molecular formula is C18H37NO4Si. The van der Waals surface area contributed by atoms with Gasteiger partial charge in [-0.05, 0) is 64.1 Å². The van der Waals surface area contributed by atoms with Crippen molar-refractivity contribution in [3.05, 3.63) is 0 Å². The molecule has 5 nitrogen and oxygen atoms in total. The second-order valence-electron chi connectivity index (χ2n) is 9.53. The number of hydrogen-bond acceptors (Lipinski definition) is 4. The minimum atomic E-state index is -1.95. The second kappa shape index (κ2) is 7.75. The molecule has 6 heteroatoms. The van der Waals surface area contributed by atoms with Gasteiger partial charge in [-0.15, -0.1) is 0 Å². The second-order valence-corrected chi connectivity index (χ2v) is 14.3. The summed E-state index contributed by atoms with van der Waals surface area (Å²) < 4.78 is 12.0. The van der Waals surface area contributed by atoms with E-state index in [-0.39, 0.29) is 29.7 Å². The van der Waals surface area contributed by atoms with E-state index in [1.165, 1.54) is 0 Å². The summed E-state index contributed by atoms with van der Waals surface area (Å²) in [6.45, 7) is 16.8. The van der Waals surface area contributed by atoms with Crippen LogP contribution < -0.4 is 5.32 Å². The van der Waals surface area contributed by atoms with Crippen LogP contribution in [0.5, 0.6) is 0 Å². The Labute approximate surface area is 148 Å². The highest BCUT2D eigenvalue weighted by Crippen LogP contribution is 2.39. The molecule has 24 heavy (non-hydrogen) atoms. The number of alkyl carbamates (subject to hydrolysis) is 1. The van der Waals surface area contributed by atoms with Gasteiger partial charge in [-0.25, -0.2) is 4.79 Å². The van der Waals surface area contributed by atoms with E-state index in [9.17, 15) is 9.90 Å². The van der Waals surface area contributed by atoms with E-state index in [1.54, 1.807) is 0 Å². The standard InChI is InChI=1S/C18H37NO4Si/c1-17(2,3)22-16(21)19-14-10-9-13(12-20)11-15(14)23-24(7,8)18(4,5)6/h13-15,20H,9-12H2,1-8H3,(H,19,21)/t13-,14-,15+/m0/s1. The minimum Gasteiger partial charge on any atom is -0.444 e. The molecule has 0 aromatic heterocycles. The van der Waals surface area contributed by atoms with Crippen molar-refractivity contribution in [1.82, 2.24) is 5.32 Å². The highest BCUT2D eigenvalue weighted by Gasteiger charge is 2.43. The molecule has 2 N–H and O–H groups in total. The van der Waals surface area contributed by atoms with E-state index in [4.69, 9.17) is 9.16 Å². The van der Waals surface area contributed by atoms with Crippen LogP contribution in [0.25, 0.3) is 0 Å². The molecule has 142 valence electrons. The van der Waals surface area contributed by atoms with Gasteiger partial charge in [0.2, 0.25) is 0 Å². The van der Waals surface area contributed by atoms with Crippen LogP contribution in [0.15, 0.2) is 0 Å². The summed E-state index contributed by atoms with van der Waals surface area (Å²) in [6.07, 6.45) is 2.03. The first kappa shape index (κ1) is 21.4. The minimum absolute atomic E-state index is 0.0585. The summed E-state index contributed by atoms with van der Waals surface area (Å²) in [6, 6.07) is -0.0585. The first-order valence-electron chi connectivity index (χ1n) is 9.03. The molecule has 0 bridgehead atoms. The zero-order chi connectivity index (χ0) is 18.8. The molecule has 0 saturated heterocycles. The van der Waals surface area contributed by atoms with Gasteiger partial charge < -0.3 is 19.6 Å². The molecule has 1 rings (SSSR count). The molecule has 1 saturated carbocycles. The molecular weight excluding hydrogens is 322 g/mol. The largest absolute Gasteiger partial charge is 0.444 e. The van der Waals surface area contributed by atoms with Crippen molar-refractivity contribution in [3.63, 3.8) is 0 Å². The summed E-state index contributed by atoms with van der Waals surface area (Å²) in [5, 5.41) is 12.6. The average molecular weight is 360 g/mol. The van der Waals surface area contributed by atoms with Crippen molar-refractivity contribution in [2.45, 2.75) is 96.7 Å². The third-order valence-corrected chi connectivity index (χ3v) is 9.62. The predicted octanol–water partition coefficient (Wildman–Crippen LogP) is 4.06. The van der Waals surface area contributed by atoms with Crippen molar-refractivity contribution < 1.29 is 19.1 Å². The van der Waals surface area contributed by atoms with E-state index in [0.29, 0.717) is 0 Å². The Hall–Kier alpha value is -0.593. The van der Waals surface area contributed by atoms with Gasteiger partial charge in [0.25, 0.3) is 0 Å². The molecule has 1 fully saturated rings. The van der Waals surface area contributed by atoms with Gasteiger partial charge in [0.1, 0.15) is 5.60 Å². The van der Waals surface area contributed by atoms with Crippen molar-refractivity contribution in [2.24, 2.45) is 5.92 Å². The zero-order valence-corrected chi connectivity index (χ0v) is 17.7. The zero-order valence-electron chi connectivity index (χ0n) is 16.7. The lowest BCUT2D eigenvalue weighted by molar-refractivity contribution is 0.0273. The highest BCUT2D eigenvalue weighted by atomic mass is 28.4. The van der Waals surface area contributed by atoms with Gasteiger partial charge in [-0.2, -0.15) is 0 Å². The SMILES string of the molecule is CC(C)(C)OC(=O)N[C@H]1CC[C@H](CO)C[C@H]1O[Si](C)(C)C(C)(C)C. The number of rotatable bonds is 4. The maximum Gasteiger partial charge on any atom is 0.407 e. The fourth-order valence-electron chi connectivity index (χ4n) is 2.69. The molecule has 0 aromatic carbocycles. The van der Waals surface area contributed by atoms with Crippen molar-refractivity contribution in [3.8, 4) is 0 Å². The topological polar surface area (TPSA) is 67.8 Å². The van der Waals surface area contributed by atoms with Crippen LogP contribution in [-0.2, 0) is 9.16 Å². The van der Waals surface area contributed by atoms with Gasteiger partial charge in [0, 0.05) is 6.61 Å². The van der Waals surface area contributed by atoms with Crippen molar-refractivity contribution >= 4 is 14.4 Å². The molecule has 1 amide bonds. The first-order valence-corrected chi connectivity index (χ1v) is 11.9. The molecule has 0 unspecified atom stereocenters. The lowest BCUT2D eigenvalue weighted by atomic mass is 9.84. The first-order chi connectivity index (χ1) is 10.7. The predicted molar refractivity (Wildman–Crippen MR) is 99.7 cm³/mol. The molecule has 0 spiro atoms. The molecule has 1 aliphatic carbocycles. The van der Waals surface area contributed by atoms with E-state index >= 15 is 0 Å². The van der Waals surface area contributed by atoms with E-state index in [0.717, 1.165) is 19.3 Å². The Morgan fingerprint density at radius 1 is 1.17 bits per heavy atom. The maximum absolute atomic E-state index is 12.2. The van der Waals surface area contributed by atoms with E-state index in [2.05, 4.69) is 39.2 Å². The molecule has 0 aromatic rings. The van der Waals surface area contributed by atoms with Gasteiger partial charge in [0.05, 0.1) is 12.1 Å². The fourth-order valence-corrected chi connectivity index (χ4v) is 4.06. The summed E-state index contributed by atoms with van der Waals surface area (Å²) >= 11 is 0. The highest BCUT2D eigenvalue weighted by molar-refractivity contribution is 6.74. The van der Waals surface area contributed by atoms with Crippen LogP contribution in [0.1, 0.15) is 60.8 Å². The van der Waals surface area contributed by atoms with Crippen LogP contribution in [0, 0.1) is 5.92 Å². The summed E-state index contributed by atoms with van der Waals surface area (Å²) in [5.41, 5.74) is -0.512. The summed E-state index contributed by atoms with van der Waals surface area (Å²) in [7, 11) is -1.95. The van der Waals surface area contributed by atoms with Gasteiger partial charge in [-0.3, -0.25) is 0 Å². The number of nitrogens with one attached hydrogen (secondary N) is 1. The third-order valence-electron chi connectivity index (χ3n) is 5.11. The van der Waals surface area contributed by atoms with Crippen LogP contribution in [0.2, 0.25) is 18.1 Å². The number of aliphatic hydroxyl groups is 1. The monoisotopic (exact) mass is 359 g/mol. The Morgan fingerprint density at radius 3 is 2.21 bits per heavy atom. The van der Waals surface area contributed by atoms with E-state index < -0.39 is 20.0 Å². The lowest BCUT2D eigenvalue weighted by Gasteiger charge is -2.44. The number of aliphatic hydroxyl groups excluding tert-OH is 1. The number of carbonyl (C=O) groups excluding carboxylic acids is 1. The third kappa shape index (κ3) is 6.37. The Morgan fingerprint density at radius 2 is 1.75 bits per heavy atom.